The Balaban J connectivity index is 1.49. The lowest BCUT2D eigenvalue weighted by atomic mass is 10.3. The van der Waals surface area contributed by atoms with Crippen LogP contribution in [0.25, 0.3) is 5.95 Å². The molecule has 10 nitrogen and oxygen atoms in total. The maximum atomic E-state index is 13.1. The number of nitrogens with zero attached hydrogens (tertiary/aromatic N) is 5. The van der Waals surface area contributed by atoms with Crippen molar-refractivity contribution in [3.05, 3.63) is 47.3 Å². The highest BCUT2D eigenvalue weighted by Crippen LogP contribution is 2.17. The molecule has 2 aromatic heterocycles. The van der Waals surface area contributed by atoms with E-state index in [9.17, 15) is 18.4 Å². The van der Waals surface area contributed by atoms with Crippen LogP contribution < -0.4 is 16.5 Å². The fraction of sp³-hybridized carbons (Fsp3) is 0.235. The van der Waals surface area contributed by atoms with Gasteiger partial charge in [-0.3, -0.25) is 9.59 Å². The van der Waals surface area contributed by atoms with Crippen LogP contribution in [0.4, 0.5) is 14.5 Å². The first-order valence-electron chi connectivity index (χ1n) is 8.63. The van der Waals surface area contributed by atoms with E-state index in [1.54, 1.807) is 0 Å². The number of hydrogen-bond acceptors (Lipinski definition) is 7. The van der Waals surface area contributed by atoms with Crippen LogP contribution >= 0.6 is 11.8 Å². The predicted molar refractivity (Wildman–Crippen MR) is 105 cm³/mol. The third-order valence-corrected chi connectivity index (χ3v) is 4.77. The molecule has 0 fully saturated rings. The van der Waals surface area contributed by atoms with Crippen LogP contribution in [0, 0.1) is 25.5 Å². The van der Waals surface area contributed by atoms with Gasteiger partial charge in [0.25, 0.3) is 5.95 Å². The van der Waals surface area contributed by atoms with Crippen LogP contribution in [0.3, 0.4) is 0 Å². The van der Waals surface area contributed by atoms with Crippen molar-refractivity contribution in [2.24, 2.45) is 0 Å². The number of nitrogens with two attached hydrogens (primary N) is 1. The molecule has 0 spiro atoms. The molecule has 0 radical (unpaired) electrons. The molecule has 0 aliphatic heterocycles. The van der Waals surface area contributed by atoms with E-state index in [0.717, 1.165) is 35.3 Å². The Bertz CT molecular complexity index is 1100. The maximum absolute atomic E-state index is 13.1. The van der Waals surface area contributed by atoms with Crippen LogP contribution in [-0.4, -0.2) is 48.8 Å². The monoisotopic (exact) mass is 436 g/mol. The molecule has 0 unspecified atom stereocenters. The molecule has 2 amide bonds. The molecule has 2 heterocycles. The van der Waals surface area contributed by atoms with Gasteiger partial charge >= 0.3 is 0 Å². The molecule has 1 aromatic carbocycles. The minimum atomic E-state index is -1.08. The first kappa shape index (κ1) is 21.2. The summed E-state index contributed by atoms with van der Waals surface area (Å²) >= 11 is 1.03. The number of carbonyl (C=O) groups is 2. The molecular weight excluding hydrogens is 418 g/mol. The van der Waals surface area contributed by atoms with Crippen molar-refractivity contribution in [1.82, 2.24) is 30.0 Å². The summed E-state index contributed by atoms with van der Waals surface area (Å²) in [5, 5.41) is 17.3. The molecule has 0 aliphatic carbocycles. The first-order valence-corrected chi connectivity index (χ1v) is 9.61. The van der Waals surface area contributed by atoms with Crippen molar-refractivity contribution in [1.29, 1.82) is 0 Å². The van der Waals surface area contributed by atoms with Crippen LogP contribution in [-0.2, 0) is 9.59 Å². The molecule has 158 valence electrons. The van der Waals surface area contributed by atoms with E-state index in [2.05, 4.69) is 25.9 Å². The van der Waals surface area contributed by atoms with Crippen molar-refractivity contribution in [3.8, 4) is 5.95 Å². The van der Waals surface area contributed by atoms with E-state index in [1.165, 1.54) is 15.4 Å². The first-order chi connectivity index (χ1) is 14.2. The second kappa shape index (κ2) is 8.90. The van der Waals surface area contributed by atoms with Crippen molar-refractivity contribution in [2.45, 2.75) is 19.0 Å². The number of amides is 2. The predicted octanol–water partition coefficient (Wildman–Crippen LogP) is 0.920. The Morgan fingerprint density at radius 3 is 2.57 bits per heavy atom. The Morgan fingerprint density at radius 2 is 1.90 bits per heavy atom. The highest BCUT2D eigenvalue weighted by molar-refractivity contribution is 7.99. The topological polar surface area (TPSA) is 133 Å². The number of thioether (sulfide) groups is 1. The van der Waals surface area contributed by atoms with Crippen LogP contribution in [0.15, 0.2) is 29.4 Å². The smallest absolute Gasteiger partial charge is 0.271 e. The van der Waals surface area contributed by atoms with E-state index in [4.69, 9.17) is 5.84 Å². The van der Waals surface area contributed by atoms with E-state index in [1.807, 2.05) is 19.9 Å². The summed E-state index contributed by atoms with van der Waals surface area (Å²) in [6.07, 6.45) is 0. The summed E-state index contributed by atoms with van der Waals surface area (Å²) in [5.41, 5.74) is 1.70. The van der Waals surface area contributed by atoms with Gasteiger partial charge in [-0.2, -0.15) is 5.10 Å². The summed E-state index contributed by atoms with van der Waals surface area (Å²) in [5.74, 6) is 3.08. The van der Waals surface area contributed by atoms with Gasteiger partial charge < -0.3 is 16.5 Å². The number of carbonyl (C=O) groups excluding carboxylic acids is 2. The van der Waals surface area contributed by atoms with E-state index in [0.29, 0.717) is 11.1 Å². The highest BCUT2D eigenvalue weighted by atomic mass is 32.2. The molecule has 0 saturated heterocycles. The average Bonchev–Trinajstić information content (AvgIpc) is 3.22. The van der Waals surface area contributed by atoms with Gasteiger partial charge in [-0.15, -0.1) is 10.2 Å². The van der Waals surface area contributed by atoms with Gasteiger partial charge in [0.05, 0.1) is 18.0 Å². The molecule has 0 atom stereocenters. The van der Waals surface area contributed by atoms with Gasteiger partial charge in [-0.05, 0) is 32.0 Å². The summed E-state index contributed by atoms with van der Waals surface area (Å²) in [7, 11) is 0. The van der Waals surface area contributed by atoms with E-state index in [-0.39, 0.29) is 18.0 Å². The van der Waals surface area contributed by atoms with Crippen LogP contribution in [0.2, 0.25) is 0 Å². The van der Waals surface area contributed by atoms with Crippen LogP contribution in [0.5, 0.6) is 0 Å². The van der Waals surface area contributed by atoms with Crippen LogP contribution in [0.1, 0.15) is 11.4 Å². The summed E-state index contributed by atoms with van der Waals surface area (Å²) in [6, 6.07) is 4.81. The number of nitrogens with one attached hydrogen (secondary N) is 2. The number of rotatable bonds is 7. The third kappa shape index (κ3) is 4.92. The fourth-order valence-corrected chi connectivity index (χ4v) is 3.16. The Hall–Kier alpha value is -3.48. The maximum Gasteiger partial charge on any atom is 0.271 e. The number of aromatic nitrogens is 5. The van der Waals surface area contributed by atoms with Gasteiger partial charge in [0.15, 0.2) is 11.6 Å². The highest BCUT2D eigenvalue weighted by Gasteiger charge is 2.16. The zero-order valence-electron chi connectivity index (χ0n) is 16.0. The van der Waals surface area contributed by atoms with Gasteiger partial charge in [-0.25, -0.2) is 18.1 Å². The minimum absolute atomic E-state index is 0.0646. The number of halogens is 2. The molecule has 3 aromatic rings. The standard InChI is InChI=1S/C17H18F2N8O2S/c1-9-5-10(2)27(25-9)16-23-24-17(26(16)20)30-8-15(29)21-7-14(28)22-11-3-4-12(18)13(19)6-11/h3-6H,7-8,20H2,1-2H3,(H,21,29)(H,22,28). The quantitative estimate of drug-likeness (QED) is 0.371. The average molecular weight is 436 g/mol. The Labute approximate surface area is 173 Å². The van der Waals surface area contributed by atoms with Gasteiger partial charge in [0.1, 0.15) is 0 Å². The third-order valence-electron chi connectivity index (χ3n) is 3.83. The van der Waals surface area contributed by atoms with Crippen molar-refractivity contribution >= 4 is 29.3 Å². The van der Waals surface area contributed by atoms with Crippen molar-refractivity contribution in [3.63, 3.8) is 0 Å². The lowest BCUT2D eigenvalue weighted by Gasteiger charge is -2.07. The second-order valence-corrected chi connectivity index (χ2v) is 7.18. The van der Waals surface area contributed by atoms with Crippen molar-refractivity contribution in [2.75, 3.05) is 23.5 Å². The normalized spacial score (nSPS) is 10.8. The van der Waals surface area contributed by atoms with E-state index >= 15 is 0 Å². The minimum Gasteiger partial charge on any atom is -0.346 e. The molecule has 0 aliphatic rings. The van der Waals surface area contributed by atoms with E-state index < -0.39 is 23.4 Å². The summed E-state index contributed by atoms with van der Waals surface area (Å²) < 4.78 is 28.8. The Morgan fingerprint density at radius 1 is 1.13 bits per heavy atom. The number of benzene rings is 1. The molecular formula is C17H18F2N8O2S. The number of nitrogen functional groups attached to an aromatic ring is 1. The SMILES string of the molecule is Cc1cc(C)n(-c2nnc(SCC(=O)NCC(=O)Nc3ccc(F)c(F)c3)n2N)n1. The molecule has 3 rings (SSSR count). The molecule has 13 heteroatoms. The lowest BCUT2D eigenvalue weighted by molar-refractivity contribution is -0.122. The zero-order chi connectivity index (χ0) is 21.8. The summed E-state index contributed by atoms with van der Waals surface area (Å²) in [4.78, 5) is 23.8. The zero-order valence-corrected chi connectivity index (χ0v) is 16.8. The second-order valence-electron chi connectivity index (χ2n) is 6.23. The molecule has 0 bridgehead atoms. The largest absolute Gasteiger partial charge is 0.346 e. The fourth-order valence-electron chi connectivity index (χ4n) is 2.48. The van der Waals surface area contributed by atoms with Gasteiger partial charge in [0.2, 0.25) is 17.0 Å². The molecule has 4 N–H and O–H groups in total. The lowest BCUT2D eigenvalue weighted by Crippen LogP contribution is -2.34. The Kier molecular flexibility index (Phi) is 6.30. The molecule has 30 heavy (non-hydrogen) atoms. The summed E-state index contributed by atoms with van der Waals surface area (Å²) in [6.45, 7) is 3.34. The number of hydrogen-bond donors (Lipinski definition) is 3. The van der Waals surface area contributed by atoms with Gasteiger partial charge in [-0.1, -0.05) is 11.8 Å². The van der Waals surface area contributed by atoms with Crippen molar-refractivity contribution < 1.29 is 18.4 Å². The number of anilines is 1. The molecule has 0 saturated carbocycles. The number of aryl methyl sites for hydroxylation is 2. The van der Waals surface area contributed by atoms with Gasteiger partial charge in [0, 0.05) is 17.4 Å².